The van der Waals surface area contributed by atoms with Crippen LogP contribution in [0.1, 0.15) is 0 Å². The summed E-state index contributed by atoms with van der Waals surface area (Å²) >= 11 is 0. The number of rotatable bonds is 0. The van der Waals surface area contributed by atoms with E-state index in [-0.39, 0.29) is 18.9 Å². The van der Waals surface area contributed by atoms with Gasteiger partial charge in [0.1, 0.15) is 0 Å². The van der Waals surface area contributed by atoms with Crippen LogP contribution in [0.15, 0.2) is 0 Å². The zero-order valence-corrected chi connectivity index (χ0v) is 4.25. The standard InChI is InChI=1S/CH2F3NO2S.Li.H/c2-1(3,4)8(5,6)7;;/h(H2,5,6,7);;. The molecule has 8 heteroatoms. The molecule has 0 fully saturated rings. The van der Waals surface area contributed by atoms with E-state index in [4.69, 9.17) is 0 Å². The first kappa shape index (κ1) is 12.0. The van der Waals surface area contributed by atoms with Gasteiger partial charge in [0.2, 0.25) is 0 Å². The Morgan fingerprint density at radius 1 is 1.22 bits per heavy atom. The molecule has 0 bridgehead atoms. The molecule has 3 nitrogen and oxygen atoms in total. The second-order valence-electron chi connectivity index (χ2n) is 0.991. The van der Waals surface area contributed by atoms with Crippen LogP contribution in [0.4, 0.5) is 13.2 Å². The van der Waals surface area contributed by atoms with Gasteiger partial charge < -0.3 is 0 Å². The third-order valence-electron chi connectivity index (χ3n) is 0.323. The predicted octanol–water partition coefficient (Wildman–Crippen LogP) is -0.854. The van der Waals surface area contributed by atoms with E-state index in [1.807, 2.05) is 0 Å². The summed E-state index contributed by atoms with van der Waals surface area (Å²) < 4.78 is 51.2. The maximum atomic E-state index is 10.8. The monoisotopic (exact) mass is 157 g/mol. The van der Waals surface area contributed by atoms with Crippen molar-refractivity contribution in [3.8, 4) is 0 Å². The Kier molecular flexibility index (Phi) is 3.90. The summed E-state index contributed by atoms with van der Waals surface area (Å²) in [5.41, 5.74) is -5.31. The van der Waals surface area contributed by atoms with E-state index in [9.17, 15) is 21.6 Å². The number of hydrogen-bond donors (Lipinski definition) is 1. The topological polar surface area (TPSA) is 60.2 Å². The number of alkyl halides is 3. The average molecular weight is 157 g/mol. The second kappa shape index (κ2) is 2.92. The molecule has 0 radical (unpaired) electrons. The van der Waals surface area contributed by atoms with Crippen molar-refractivity contribution in [1.82, 2.24) is 0 Å². The molecule has 2 N–H and O–H groups in total. The summed E-state index contributed by atoms with van der Waals surface area (Å²) in [6.45, 7) is 0. The van der Waals surface area contributed by atoms with Crippen molar-refractivity contribution in [2.75, 3.05) is 0 Å². The fourth-order valence-electron chi connectivity index (χ4n) is 0. The van der Waals surface area contributed by atoms with Gasteiger partial charge in [-0.15, -0.1) is 0 Å². The molecular formula is CH3F3LiNO2S. The molecule has 0 saturated heterocycles. The van der Waals surface area contributed by atoms with Crippen LogP contribution in [0.25, 0.3) is 0 Å². The zero-order chi connectivity index (χ0) is 7.00. The molecular weight excluding hydrogens is 154 g/mol. The molecule has 0 aliphatic heterocycles. The van der Waals surface area contributed by atoms with Crippen LogP contribution in [0.5, 0.6) is 0 Å². The van der Waals surface area contributed by atoms with Crippen LogP contribution in [0.3, 0.4) is 0 Å². The first-order valence-electron chi connectivity index (χ1n) is 1.34. The Morgan fingerprint density at radius 3 is 1.33 bits per heavy atom. The first-order chi connectivity index (χ1) is 3.25. The van der Waals surface area contributed by atoms with E-state index in [0.717, 1.165) is 0 Å². The average Bonchev–Trinajstić information content (AvgIpc) is 1.25. The van der Waals surface area contributed by atoms with Crippen molar-refractivity contribution < 1.29 is 21.6 Å². The van der Waals surface area contributed by atoms with Crippen LogP contribution in [-0.2, 0) is 10.0 Å². The van der Waals surface area contributed by atoms with E-state index >= 15 is 0 Å². The minimum absolute atomic E-state index is 0. The fourth-order valence-corrected chi connectivity index (χ4v) is 0. The van der Waals surface area contributed by atoms with Gasteiger partial charge in [0, 0.05) is 0 Å². The number of sulfonamides is 1. The van der Waals surface area contributed by atoms with Crippen molar-refractivity contribution in [1.29, 1.82) is 0 Å². The Balaban J connectivity index is 0. The van der Waals surface area contributed by atoms with Gasteiger partial charge in [-0.05, 0) is 0 Å². The maximum absolute atomic E-state index is 10.8. The molecule has 0 aromatic heterocycles. The fraction of sp³-hybridized carbons (Fsp3) is 1.00. The summed E-state index contributed by atoms with van der Waals surface area (Å²) in [7, 11) is -5.34. The van der Waals surface area contributed by atoms with E-state index in [1.165, 1.54) is 0 Å². The molecule has 9 heavy (non-hydrogen) atoms. The van der Waals surface area contributed by atoms with Gasteiger partial charge in [0.25, 0.3) is 0 Å². The van der Waals surface area contributed by atoms with E-state index in [2.05, 4.69) is 5.14 Å². The molecule has 0 heterocycles. The number of primary sulfonamides is 1. The Hall–Kier alpha value is 0.297. The van der Waals surface area contributed by atoms with Crippen molar-refractivity contribution in [3.05, 3.63) is 0 Å². The van der Waals surface area contributed by atoms with Gasteiger partial charge in [0.05, 0.1) is 0 Å². The van der Waals surface area contributed by atoms with Gasteiger partial charge in [-0.2, -0.15) is 13.2 Å². The van der Waals surface area contributed by atoms with Crippen molar-refractivity contribution in [2.45, 2.75) is 5.51 Å². The van der Waals surface area contributed by atoms with Gasteiger partial charge in [0.15, 0.2) is 0 Å². The summed E-state index contributed by atoms with van der Waals surface area (Å²) in [5, 5.41) is 3.66. The van der Waals surface area contributed by atoms with Crippen LogP contribution in [0, 0.1) is 0 Å². The SMILES string of the molecule is NS(=O)(=O)C(F)(F)F.[LiH]. The molecule has 0 aliphatic rings. The summed E-state index contributed by atoms with van der Waals surface area (Å²) in [5.74, 6) is 0. The molecule has 0 aromatic carbocycles. The molecule has 0 spiro atoms. The minimum atomic E-state index is -5.34. The Labute approximate surface area is 61.6 Å². The normalized spacial score (nSPS) is 12.4. The molecule has 0 rings (SSSR count). The third kappa shape index (κ3) is 3.81. The Morgan fingerprint density at radius 2 is 1.33 bits per heavy atom. The molecule has 0 aliphatic carbocycles. The number of hydrogen-bond acceptors (Lipinski definition) is 2. The van der Waals surface area contributed by atoms with Gasteiger partial charge in [-0.1, -0.05) is 0 Å². The third-order valence-corrected chi connectivity index (χ3v) is 0.968. The Bertz CT molecular complexity index is 171. The van der Waals surface area contributed by atoms with Crippen LogP contribution in [-0.4, -0.2) is 32.8 Å². The van der Waals surface area contributed by atoms with Crippen molar-refractivity contribution in [2.24, 2.45) is 5.14 Å². The van der Waals surface area contributed by atoms with Crippen LogP contribution >= 0.6 is 0 Å². The van der Waals surface area contributed by atoms with E-state index < -0.39 is 15.5 Å². The first-order valence-corrected chi connectivity index (χ1v) is 2.89. The van der Waals surface area contributed by atoms with Crippen molar-refractivity contribution in [3.63, 3.8) is 0 Å². The van der Waals surface area contributed by atoms with E-state index in [1.54, 1.807) is 0 Å². The number of halogens is 3. The van der Waals surface area contributed by atoms with Crippen molar-refractivity contribution >= 4 is 28.9 Å². The second-order valence-corrected chi connectivity index (χ2v) is 2.54. The van der Waals surface area contributed by atoms with Crippen LogP contribution in [0.2, 0.25) is 0 Å². The zero-order valence-electron chi connectivity index (χ0n) is 3.44. The predicted molar refractivity (Wildman–Crippen MR) is 26.3 cm³/mol. The molecule has 0 unspecified atom stereocenters. The molecule has 52 valence electrons. The van der Waals surface area contributed by atoms with E-state index in [0.29, 0.717) is 0 Å². The molecule has 0 saturated carbocycles. The molecule has 0 atom stereocenters. The summed E-state index contributed by atoms with van der Waals surface area (Å²) in [6.07, 6.45) is 0. The summed E-state index contributed by atoms with van der Waals surface area (Å²) in [4.78, 5) is 0. The van der Waals surface area contributed by atoms with Gasteiger partial charge in [-0.3, -0.25) is 0 Å². The van der Waals surface area contributed by atoms with Gasteiger partial charge in [-0.25, -0.2) is 13.6 Å². The quantitative estimate of drug-likeness (QED) is 0.465. The number of nitrogens with two attached hydrogens (primary N) is 1. The summed E-state index contributed by atoms with van der Waals surface area (Å²) in [6, 6.07) is 0. The molecule has 0 aromatic rings. The van der Waals surface area contributed by atoms with Gasteiger partial charge >= 0.3 is 34.4 Å². The molecule has 0 amide bonds. The van der Waals surface area contributed by atoms with Crippen LogP contribution < -0.4 is 5.14 Å².